The smallest absolute Gasteiger partial charge is 0.243 e. The number of carbonyl (C=O) groups is 1. The molecule has 2 N–H and O–H groups in total. The molecule has 3 heterocycles. The summed E-state index contributed by atoms with van der Waals surface area (Å²) in [5.74, 6) is 1.24. The van der Waals surface area contributed by atoms with Gasteiger partial charge in [0.25, 0.3) is 0 Å². The molecule has 1 aliphatic rings. The van der Waals surface area contributed by atoms with Crippen LogP contribution in [0.3, 0.4) is 0 Å². The van der Waals surface area contributed by atoms with Gasteiger partial charge in [-0.2, -0.15) is 0 Å². The molecule has 0 spiro atoms. The first kappa shape index (κ1) is 19.6. The summed E-state index contributed by atoms with van der Waals surface area (Å²) in [5, 5.41) is 12.0. The number of hydroxylamine groups is 1. The number of nitrogens with zero attached hydrogens (tertiary/aromatic N) is 2. The van der Waals surface area contributed by atoms with Crippen LogP contribution in [-0.4, -0.2) is 27.5 Å². The summed E-state index contributed by atoms with van der Waals surface area (Å²) in [5.41, 5.74) is 4.94. The highest BCUT2D eigenvalue weighted by Crippen LogP contribution is 2.41. The summed E-state index contributed by atoms with van der Waals surface area (Å²) in [6.45, 7) is 1.14. The zero-order valence-electron chi connectivity index (χ0n) is 17.3. The molecule has 4 aromatic rings. The molecule has 0 saturated carbocycles. The summed E-state index contributed by atoms with van der Waals surface area (Å²) < 4.78 is 13.6. The van der Waals surface area contributed by atoms with Crippen LogP contribution in [0.4, 0.5) is 0 Å². The molecule has 1 amide bonds. The monoisotopic (exact) mass is 419 g/mol. The van der Waals surface area contributed by atoms with Crippen molar-refractivity contribution < 1.29 is 19.5 Å². The predicted molar refractivity (Wildman–Crippen MR) is 118 cm³/mol. The van der Waals surface area contributed by atoms with Crippen molar-refractivity contribution in [1.29, 1.82) is 0 Å². The quantitative estimate of drug-likeness (QED) is 0.241. The Bertz CT molecular complexity index is 1260. The fourth-order valence-electron chi connectivity index (χ4n) is 4.46. The molecular weight excluding hydrogens is 394 g/mol. The third kappa shape index (κ3) is 3.65. The van der Waals surface area contributed by atoms with Crippen LogP contribution in [0.5, 0.6) is 11.5 Å². The highest BCUT2D eigenvalue weighted by molar-refractivity contribution is 6.16. The minimum Gasteiger partial charge on any atom is -0.454 e. The highest BCUT2D eigenvalue weighted by atomic mass is 16.7. The average Bonchev–Trinajstić information content (AvgIpc) is 3.38. The van der Waals surface area contributed by atoms with E-state index >= 15 is 0 Å². The van der Waals surface area contributed by atoms with Crippen LogP contribution < -0.4 is 15.0 Å². The van der Waals surface area contributed by atoms with Crippen molar-refractivity contribution >= 4 is 38.6 Å². The van der Waals surface area contributed by atoms with E-state index in [1.807, 2.05) is 18.3 Å². The van der Waals surface area contributed by atoms with E-state index in [0.717, 1.165) is 77.5 Å². The Hall–Kier alpha value is -3.32. The fraction of sp³-hybridized carbons (Fsp3) is 0.333. The normalized spacial score (nSPS) is 12.8. The number of carbonyl (C=O) groups excluding carboxylic acids is 1. The first-order valence-corrected chi connectivity index (χ1v) is 10.8. The largest absolute Gasteiger partial charge is 0.454 e. The maximum atomic E-state index is 11.1. The number of hydrogen-bond donors (Lipinski definition) is 2. The number of ether oxygens (including phenoxy) is 2. The second-order valence-corrected chi connectivity index (χ2v) is 7.97. The van der Waals surface area contributed by atoms with Gasteiger partial charge < -0.3 is 14.0 Å². The first-order valence-electron chi connectivity index (χ1n) is 10.8. The van der Waals surface area contributed by atoms with Gasteiger partial charge in [0.15, 0.2) is 11.5 Å². The highest BCUT2D eigenvalue weighted by Gasteiger charge is 2.21. The Morgan fingerprint density at radius 3 is 2.68 bits per heavy atom. The van der Waals surface area contributed by atoms with Gasteiger partial charge in [-0.05, 0) is 18.9 Å². The lowest BCUT2D eigenvalue weighted by Crippen LogP contribution is -2.17. The van der Waals surface area contributed by atoms with Gasteiger partial charge in [-0.1, -0.05) is 43.5 Å². The molecular formula is C24H25N3O4. The van der Waals surface area contributed by atoms with E-state index < -0.39 is 0 Å². The van der Waals surface area contributed by atoms with Gasteiger partial charge >= 0.3 is 0 Å². The number of benzene rings is 2. The Kier molecular flexibility index (Phi) is 5.34. The number of aryl methyl sites for hydroxylation is 1. The second-order valence-electron chi connectivity index (χ2n) is 7.97. The summed E-state index contributed by atoms with van der Waals surface area (Å²) in [6, 6.07) is 12.5. The van der Waals surface area contributed by atoms with Gasteiger partial charge in [0, 0.05) is 41.4 Å². The number of pyridine rings is 1. The number of unbranched alkanes of at least 4 members (excludes halogenated alkanes) is 4. The second kappa shape index (κ2) is 8.43. The number of aromatic nitrogens is 2. The molecule has 0 radical (unpaired) electrons. The van der Waals surface area contributed by atoms with E-state index in [9.17, 15) is 4.79 Å². The molecule has 1 aliphatic heterocycles. The van der Waals surface area contributed by atoms with Crippen molar-refractivity contribution in [2.24, 2.45) is 0 Å². The third-order valence-corrected chi connectivity index (χ3v) is 5.99. The van der Waals surface area contributed by atoms with E-state index in [4.69, 9.17) is 19.7 Å². The van der Waals surface area contributed by atoms with Gasteiger partial charge in [0.1, 0.15) is 0 Å². The minimum absolute atomic E-state index is 0.255. The summed E-state index contributed by atoms with van der Waals surface area (Å²) in [4.78, 5) is 15.9. The number of hydrogen-bond acceptors (Lipinski definition) is 5. The molecule has 0 fully saturated rings. The molecule has 2 aromatic carbocycles. The van der Waals surface area contributed by atoms with Gasteiger partial charge in [-0.25, -0.2) is 5.48 Å². The summed E-state index contributed by atoms with van der Waals surface area (Å²) in [6.07, 6.45) is 7.24. The minimum atomic E-state index is -0.316. The maximum Gasteiger partial charge on any atom is 0.243 e. The van der Waals surface area contributed by atoms with Crippen molar-refractivity contribution in [3.05, 3.63) is 42.6 Å². The van der Waals surface area contributed by atoms with Crippen LogP contribution in [0.2, 0.25) is 0 Å². The lowest BCUT2D eigenvalue weighted by molar-refractivity contribution is -0.129. The maximum absolute atomic E-state index is 11.1. The van der Waals surface area contributed by atoms with Crippen molar-refractivity contribution in [3.8, 4) is 11.5 Å². The number of amides is 1. The molecule has 0 unspecified atom stereocenters. The Morgan fingerprint density at radius 2 is 1.81 bits per heavy atom. The lowest BCUT2D eigenvalue weighted by Gasteiger charge is -2.09. The van der Waals surface area contributed by atoms with E-state index in [-0.39, 0.29) is 12.7 Å². The fourth-order valence-corrected chi connectivity index (χ4v) is 4.46. The Labute approximate surface area is 179 Å². The van der Waals surface area contributed by atoms with Crippen LogP contribution in [-0.2, 0) is 11.3 Å². The Balaban J connectivity index is 1.44. The van der Waals surface area contributed by atoms with Gasteiger partial charge in [-0.3, -0.25) is 15.0 Å². The van der Waals surface area contributed by atoms with Gasteiger partial charge in [-0.15, -0.1) is 0 Å². The number of nitrogens with one attached hydrogen (secondary N) is 1. The summed E-state index contributed by atoms with van der Waals surface area (Å²) >= 11 is 0. The number of rotatable bonds is 8. The average molecular weight is 419 g/mol. The van der Waals surface area contributed by atoms with Crippen LogP contribution in [0.15, 0.2) is 42.6 Å². The molecule has 2 aromatic heterocycles. The zero-order valence-corrected chi connectivity index (χ0v) is 17.3. The van der Waals surface area contributed by atoms with Gasteiger partial charge in [0.05, 0.1) is 16.6 Å². The lowest BCUT2D eigenvalue weighted by atomic mass is 10.1. The molecule has 31 heavy (non-hydrogen) atoms. The molecule has 0 saturated heterocycles. The van der Waals surface area contributed by atoms with Crippen LogP contribution in [0.25, 0.3) is 32.7 Å². The molecule has 7 nitrogen and oxygen atoms in total. The topological polar surface area (TPSA) is 85.6 Å². The molecule has 5 rings (SSSR count). The molecule has 7 heteroatoms. The molecule has 0 aliphatic carbocycles. The van der Waals surface area contributed by atoms with E-state index in [1.54, 1.807) is 5.48 Å². The van der Waals surface area contributed by atoms with Crippen molar-refractivity contribution in [2.75, 3.05) is 6.79 Å². The standard InChI is InChI=1S/C24H25N3O4/c28-22(26-29)10-4-2-1-3-7-11-27-19-13-21-20(30-15-31-21)12-18(19)23-24(27)17-9-6-5-8-16(17)14-25-23/h5-6,8-9,12-14,29H,1-4,7,10-11,15H2,(H,26,28). The van der Waals surface area contributed by atoms with Crippen LogP contribution in [0.1, 0.15) is 38.5 Å². The Morgan fingerprint density at radius 1 is 1.03 bits per heavy atom. The zero-order chi connectivity index (χ0) is 21.2. The number of fused-ring (bicyclic) bond motifs is 6. The van der Waals surface area contributed by atoms with Gasteiger partial charge in [0.2, 0.25) is 12.7 Å². The van der Waals surface area contributed by atoms with E-state index in [0.29, 0.717) is 6.42 Å². The van der Waals surface area contributed by atoms with Crippen molar-refractivity contribution in [3.63, 3.8) is 0 Å². The SMILES string of the molecule is O=C(CCCCCCCn1c2cc3c(cc2c2ncc4ccccc4c21)OCO3)NO. The molecule has 160 valence electrons. The van der Waals surface area contributed by atoms with Crippen molar-refractivity contribution in [1.82, 2.24) is 15.0 Å². The third-order valence-electron chi connectivity index (χ3n) is 5.99. The van der Waals surface area contributed by atoms with Crippen molar-refractivity contribution in [2.45, 2.75) is 45.1 Å². The molecule has 0 bridgehead atoms. The van der Waals surface area contributed by atoms with Crippen LogP contribution in [0, 0.1) is 0 Å². The predicted octanol–water partition coefficient (Wildman–Crippen LogP) is 4.92. The van der Waals surface area contributed by atoms with Crippen LogP contribution >= 0.6 is 0 Å². The first-order chi connectivity index (χ1) is 15.3. The van der Waals surface area contributed by atoms with E-state index in [1.165, 1.54) is 5.39 Å². The molecule has 0 atom stereocenters. The summed E-state index contributed by atoms with van der Waals surface area (Å²) in [7, 11) is 0. The van der Waals surface area contributed by atoms with E-state index in [2.05, 4.69) is 28.8 Å².